The van der Waals surface area contributed by atoms with Gasteiger partial charge in [-0.3, -0.25) is 0 Å². The van der Waals surface area contributed by atoms with Crippen LogP contribution in [-0.4, -0.2) is 38.8 Å². The molecule has 0 bridgehead atoms. The summed E-state index contributed by atoms with van der Waals surface area (Å²) in [5.74, 6) is -0.593. The molecule has 1 heterocycles. The first-order valence-electron chi connectivity index (χ1n) is 8.61. The second kappa shape index (κ2) is 9.95. The molecule has 0 aromatic heterocycles. The van der Waals surface area contributed by atoms with Crippen LogP contribution < -0.4 is 15.4 Å². The molecule has 2 aromatic rings. The third-order valence-corrected chi connectivity index (χ3v) is 5.02. The van der Waals surface area contributed by atoms with Crippen molar-refractivity contribution in [2.75, 3.05) is 27.7 Å². The Hall–Kier alpha value is -1.79. The Kier molecular flexibility index (Phi) is 7.92. The Bertz CT molecular complexity index is 812. The van der Waals surface area contributed by atoms with E-state index in [1.807, 2.05) is 32.3 Å². The summed E-state index contributed by atoms with van der Waals surface area (Å²) in [6.45, 7) is 0.828. The molecule has 1 unspecified atom stereocenters. The topological polar surface area (TPSA) is 70.6 Å². The van der Waals surface area contributed by atoms with Crippen molar-refractivity contribution in [1.82, 2.24) is 10.6 Å². The summed E-state index contributed by atoms with van der Waals surface area (Å²) in [5.41, 5.74) is 3.33. The number of nitrogens with one attached hydrogen (secondary N) is 2. The van der Waals surface area contributed by atoms with E-state index in [4.69, 9.17) is 27.9 Å². The van der Waals surface area contributed by atoms with Crippen molar-refractivity contribution in [3.05, 3.63) is 62.6 Å². The van der Waals surface area contributed by atoms with Gasteiger partial charge in [0, 0.05) is 6.04 Å². The van der Waals surface area contributed by atoms with E-state index in [1.165, 1.54) is 7.11 Å². The molecule has 7 heteroatoms. The van der Waals surface area contributed by atoms with Gasteiger partial charge in [-0.05, 0) is 74.4 Å². The first-order chi connectivity index (χ1) is 12.9. The van der Waals surface area contributed by atoms with E-state index in [1.54, 1.807) is 12.1 Å². The summed E-state index contributed by atoms with van der Waals surface area (Å²) in [5, 5.41) is 16.7. The molecule has 0 fully saturated rings. The van der Waals surface area contributed by atoms with E-state index in [0.29, 0.717) is 22.2 Å². The van der Waals surface area contributed by atoms with E-state index in [-0.39, 0.29) is 11.6 Å². The number of benzene rings is 2. The van der Waals surface area contributed by atoms with Crippen molar-refractivity contribution in [3.63, 3.8) is 0 Å². The molecule has 0 amide bonds. The Morgan fingerprint density at radius 2 is 1.96 bits per heavy atom. The van der Waals surface area contributed by atoms with E-state index >= 15 is 0 Å². The summed E-state index contributed by atoms with van der Waals surface area (Å²) < 4.78 is 5.22. The number of hydrogen-bond acceptors (Lipinski definition) is 4. The lowest BCUT2D eigenvalue weighted by Gasteiger charge is -2.28. The molecule has 0 saturated carbocycles. The summed E-state index contributed by atoms with van der Waals surface area (Å²) in [4.78, 5) is 11.5. The largest absolute Gasteiger partial charge is 0.496 e. The van der Waals surface area contributed by atoms with Gasteiger partial charge in [0.05, 0.1) is 17.2 Å². The second-order valence-corrected chi connectivity index (χ2v) is 7.08. The number of carbonyl (C=O) groups is 1. The zero-order valence-corrected chi connectivity index (χ0v) is 17.1. The number of rotatable bonds is 4. The van der Waals surface area contributed by atoms with Gasteiger partial charge in [0.25, 0.3) is 0 Å². The van der Waals surface area contributed by atoms with Crippen LogP contribution >= 0.6 is 23.2 Å². The van der Waals surface area contributed by atoms with Crippen molar-refractivity contribution >= 4 is 29.2 Å². The van der Waals surface area contributed by atoms with Crippen LogP contribution in [0, 0.1) is 0 Å². The van der Waals surface area contributed by atoms with Crippen LogP contribution in [-0.2, 0) is 12.8 Å². The quantitative estimate of drug-likeness (QED) is 0.711. The molecule has 0 spiro atoms. The maximum atomic E-state index is 11.5. The number of carboxylic acids is 1. The van der Waals surface area contributed by atoms with Gasteiger partial charge < -0.3 is 20.5 Å². The minimum atomic E-state index is -0.992. The second-order valence-electron chi connectivity index (χ2n) is 6.27. The number of hydrogen-bond donors (Lipinski definition) is 3. The number of halogens is 2. The fraction of sp³-hybridized carbons (Fsp3) is 0.350. The first kappa shape index (κ1) is 21.5. The summed E-state index contributed by atoms with van der Waals surface area (Å²) >= 11 is 12.1. The predicted molar refractivity (Wildman–Crippen MR) is 110 cm³/mol. The SMILES string of the molecule is CNC.COc1cc2c(cc1C(=O)O)C(Cc1ccc(Cl)c(Cl)c1)NCC2. The number of ether oxygens (including phenoxy) is 1. The highest BCUT2D eigenvalue weighted by atomic mass is 35.5. The monoisotopic (exact) mass is 410 g/mol. The van der Waals surface area contributed by atoms with Gasteiger partial charge in [0.15, 0.2) is 0 Å². The maximum Gasteiger partial charge on any atom is 0.339 e. The molecular weight excluding hydrogens is 387 g/mol. The molecule has 3 rings (SSSR count). The summed E-state index contributed by atoms with van der Waals surface area (Å²) in [7, 11) is 5.24. The summed E-state index contributed by atoms with van der Waals surface area (Å²) in [6, 6.07) is 9.13. The molecule has 0 saturated heterocycles. The van der Waals surface area contributed by atoms with Crippen LogP contribution in [0.2, 0.25) is 10.0 Å². The highest BCUT2D eigenvalue weighted by Gasteiger charge is 2.24. The average Bonchev–Trinajstić information content (AvgIpc) is 2.64. The van der Waals surface area contributed by atoms with Crippen LogP contribution in [0.1, 0.15) is 33.1 Å². The molecule has 0 radical (unpaired) electrons. The molecule has 0 aliphatic carbocycles. The molecule has 3 N–H and O–H groups in total. The van der Waals surface area contributed by atoms with Gasteiger partial charge in [-0.15, -0.1) is 0 Å². The van der Waals surface area contributed by atoms with Gasteiger partial charge in [0.1, 0.15) is 11.3 Å². The lowest BCUT2D eigenvalue weighted by molar-refractivity contribution is 0.0693. The zero-order chi connectivity index (χ0) is 20.0. The highest BCUT2D eigenvalue weighted by Crippen LogP contribution is 2.33. The first-order valence-corrected chi connectivity index (χ1v) is 9.36. The average molecular weight is 411 g/mol. The maximum absolute atomic E-state index is 11.5. The smallest absolute Gasteiger partial charge is 0.339 e. The Morgan fingerprint density at radius 3 is 2.56 bits per heavy atom. The van der Waals surface area contributed by atoms with Crippen LogP contribution in [0.25, 0.3) is 0 Å². The van der Waals surface area contributed by atoms with Crippen molar-refractivity contribution in [2.24, 2.45) is 0 Å². The molecule has 2 aromatic carbocycles. The number of methoxy groups -OCH3 is 1. The normalized spacial score (nSPS) is 15.4. The summed E-state index contributed by atoms with van der Waals surface area (Å²) in [6.07, 6.45) is 1.54. The van der Waals surface area contributed by atoms with Gasteiger partial charge in [-0.25, -0.2) is 4.79 Å². The Balaban J connectivity index is 0.000000817. The van der Waals surface area contributed by atoms with Crippen LogP contribution in [0.15, 0.2) is 30.3 Å². The van der Waals surface area contributed by atoms with Gasteiger partial charge in [0.2, 0.25) is 0 Å². The van der Waals surface area contributed by atoms with Crippen LogP contribution in [0.5, 0.6) is 5.75 Å². The number of carboxylic acid groups (broad SMARTS) is 1. The van der Waals surface area contributed by atoms with Crippen molar-refractivity contribution in [1.29, 1.82) is 0 Å². The van der Waals surface area contributed by atoms with Crippen molar-refractivity contribution in [3.8, 4) is 5.75 Å². The van der Waals surface area contributed by atoms with Crippen LogP contribution in [0.3, 0.4) is 0 Å². The number of aromatic carboxylic acids is 1. The van der Waals surface area contributed by atoms with E-state index in [2.05, 4.69) is 10.6 Å². The molecule has 1 atom stereocenters. The van der Waals surface area contributed by atoms with Crippen molar-refractivity contribution < 1.29 is 14.6 Å². The van der Waals surface area contributed by atoms with Gasteiger partial charge in [-0.2, -0.15) is 0 Å². The fourth-order valence-electron chi connectivity index (χ4n) is 3.09. The Morgan fingerprint density at radius 1 is 1.26 bits per heavy atom. The molecular formula is C20H24Cl2N2O3. The minimum absolute atomic E-state index is 0.0231. The molecule has 1 aliphatic heterocycles. The molecule has 1 aliphatic rings. The number of fused-ring (bicyclic) bond motifs is 1. The van der Waals surface area contributed by atoms with Crippen LogP contribution in [0.4, 0.5) is 0 Å². The standard InChI is InChI=1S/C18H17Cl2NO3.C2H7N/c1-24-17-8-11-4-5-21-16(12(11)9-13(17)18(22)23)7-10-2-3-14(19)15(20)6-10;1-3-2/h2-3,6,8-9,16,21H,4-5,7H2,1H3,(H,22,23);3H,1-2H3. The lowest BCUT2D eigenvalue weighted by atomic mass is 9.88. The van der Waals surface area contributed by atoms with Crippen molar-refractivity contribution in [2.45, 2.75) is 18.9 Å². The minimum Gasteiger partial charge on any atom is -0.496 e. The van der Waals surface area contributed by atoms with E-state index < -0.39 is 5.97 Å². The van der Waals surface area contributed by atoms with E-state index in [9.17, 15) is 9.90 Å². The molecule has 5 nitrogen and oxygen atoms in total. The Labute approximate surface area is 169 Å². The zero-order valence-electron chi connectivity index (χ0n) is 15.6. The molecule has 146 valence electrons. The third-order valence-electron chi connectivity index (χ3n) is 4.28. The molecule has 27 heavy (non-hydrogen) atoms. The van der Waals surface area contributed by atoms with Gasteiger partial charge in [-0.1, -0.05) is 29.3 Å². The lowest BCUT2D eigenvalue weighted by Crippen LogP contribution is -2.31. The highest BCUT2D eigenvalue weighted by molar-refractivity contribution is 6.42. The third kappa shape index (κ3) is 5.36. The van der Waals surface area contributed by atoms with E-state index in [0.717, 1.165) is 29.7 Å². The fourth-order valence-corrected chi connectivity index (χ4v) is 3.41. The van der Waals surface area contributed by atoms with Gasteiger partial charge >= 0.3 is 5.97 Å². The predicted octanol–water partition coefficient (Wildman–Crippen LogP) is 3.97.